The first-order valence-electron chi connectivity index (χ1n) is 2.71. The van der Waals surface area contributed by atoms with Crippen molar-refractivity contribution >= 4 is 15.8 Å². The molecule has 0 saturated carbocycles. The highest BCUT2D eigenvalue weighted by Gasteiger charge is 1.92. The van der Waals surface area contributed by atoms with E-state index in [4.69, 9.17) is 0 Å². The Balaban J connectivity index is 3.06. The fraction of sp³-hybridized carbons (Fsp3) is 0.750. The number of ether oxygens (including phenoxy) is 1. The van der Waals surface area contributed by atoms with E-state index in [9.17, 15) is 4.79 Å². The van der Waals surface area contributed by atoms with Crippen molar-refractivity contribution in [3.8, 4) is 0 Å². The molecule has 0 fully saturated rings. The molecular weight excluding hydrogens is 122 g/mol. The van der Waals surface area contributed by atoms with Crippen molar-refractivity contribution in [3.63, 3.8) is 0 Å². The molecule has 0 rings (SSSR count). The zero-order valence-corrected chi connectivity index (χ0v) is 6.64. The monoisotopic (exact) mass is 133 g/mol. The Morgan fingerprint density at radius 2 is 2.50 bits per heavy atom. The number of amides is 1. The van der Waals surface area contributed by atoms with Crippen LogP contribution in [-0.2, 0) is 4.74 Å². The Labute approximate surface area is 51.3 Å². The minimum Gasteiger partial charge on any atom is -0.450 e. The lowest BCUT2D eigenvalue weighted by Crippen LogP contribution is -2.25. The van der Waals surface area contributed by atoms with Crippen LogP contribution in [0.5, 0.6) is 0 Å². The van der Waals surface area contributed by atoms with Gasteiger partial charge in [-0.25, -0.2) is 4.79 Å². The molecule has 8 heavy (non-hydrogen) atoms. The predicted octanol–water partition coefficient (Wildman–Crippen LogP) is -0.136. The maximum absolute atomic E-state index is 10.3. The van der Waals surface area contributed by atoms with Crippen molar-refractivity contribution in [2.75, 3.05) is 6.61 Å². The van der Waals surface area contributed by atoms with Crippen LogP contribution in [0.4, 0.5) is 4.79 Å². The smallest absolute Gasteiger partial charge is 0.398 e. The van der Waals surface area contributed by atoms with Gasteiger partial charge in [-0.1, -0.05) is 6.55 Å². The average molecular weight is 133 g/mol. The summed E-state index contributed by atoms with van der Waals surface area (Å²) in [4.78, 5) is 13.0. The zero-order valence-electron chi connectivity index (χ0n) is 5.23. The standard InChI is InChI=1S/C4H11NO2Si/c1-3-7-4(6)5-8-2/h3,8H2,1-2H3,(H,5,6). The summed E-state index contributed by atoms with van der Waals surface area (Å²) in [6, 6.07) is 0. The minimum atomic E-state index is -0.378. The van der Waals surface area contributed by atoms with Gasteiger partial charge in [0, 0.05) is 0 Å². The van der Waals surface area contributed by atoms with Crippen LogP contribution in [0.3, 0.4) is 0 Å². The SMILES string of the molecule is CCOC(=O)N[SiH2]C. The van der Waals surface area contributed by atoms with Gasteiger partial charge in [0.15, 0.2) is 0 Å². The van der Waals surface area contributed by atoms with E-state index in [0.29, 0.717) is 6.61 Å². The third kappa shape index (κ3) is 3.67. The first-order chi connectivity index (χ1) is 3.81. The van der Waals surface area contributed by atoms with Crippen molar-refractivity contribution in [1.82, 2.24) is 4.98 Å². The van der Waals surface area contributed by atoms with Gasteiger partial charge in [0.05, 0.1) is 6.61 Å². The van der Waals surface area contributed by atoms with Gasteiger partial charge in [0.1, 0.15) is 9.68 Å². The van der Waals surface area contributed by atoms with E-state index in [-0.39, 0.29) is 15.8 Å². The first-order valence-corrected chi connectivity index (χ1v) is 4.84. The molecule has 1 N–H and O–H groups in total. The second kappa shape index (κ2) is 4.64. The first kappa shape index (κ1) is 7.49. The molecule has 0 aliphatic carbocycles. The Bertz CT molecular complexity index is 68.4. The molecule has 0 spiro atoms. The summed E-state index contributed by atoms with van der Waals surface area (Å²) < 4.78 is 4.57. The fourth-order valence-electron chi connectivity index (χ4n) is 0.326. The minimum absolute atomic E-state index is 0.276. The van der Waals surface area contributed by atoms with Gasteiger partial charge in [-0.05, 0) is 6.92 Å². The second-order valence-corrected chi connectivity index (χ2v) is 2.31. The molecule has 1 amide bonds. The molecule has 0 aromatic heterocycles. The molecule has 0 aliphatic heterocycles. The van der Waals surface area contributed by atoms with Gasteiger partial charge in [-0.15, -0.1) is 0 Å². The highest BCUT2D eigenvalue weighted by molar-refractivity contribution is 6.34. The van der Waals surface area contributed by atoms with Crippen LogP contribution in [0.15, 0.2) is 0 Å². The molecular formula is C4H11NO2Si. The molecule has 0 heterocycles. The van der Waals surface area contributed by atoms with Gasteiger partial charge >= 0.3 is 6.09 Å². The molecule has 4 heteroatoms. The third-order valence-corrected chi connectivity index (χ3v) is 1.24. The molecule has 0 unspecified atom stereocenters. The van der Waals surface area contributed by atoms with Crippen LogP contribution >= 0.6 is 0 Å². The maximum atomic E-state index is 10.3. The summed E-state index contributed by atoms with van der Waals surface area (Å²) in [7, 11) is -0.378. The van der Waals surface area contributed by atoms with Gasteiger partial charge in [-0.3, -0.25) is 0 Å². The summed E-state index contributed by atoms with van der Waals surface area (Å²) in [5, 5.41) is 0. The van der Waals surface area contributed by atoms with E-state index < -0.39 is 0 Å². The number of nitrogens with one attached hydrogen (secondary N) is 1. The molecule has 48 valence electrons. The number of hydrogen-bond donors (Lipinski definition) is 1. The highest BCUT2D eigenvalue weighted by Crippen LogP contribution is 1.72. The van der Waals surface area contributed by atoms with E-state index in [0.717, 1.165) is 0 Å². The Morgan fingerprint density at radius 1 is 1.88 bits per heavy atom. The van der Waals surface area contributed by atoms with Crippen LogP contribution in [-0.4, -0.2) is 22.4 Å². The van der Waals surface area contributed by atoms with Crippen molar-refractivity contribution in [2.24, 2.45) is 0 Å². The Kier molecular flexibility index (Phi) is 4.34. The number of rotatable bonds is 2. The molecule has 0 atom stereocenters. The molecule has 0 aromatic carbocycles. The lowest BCUT2D eigenvalue weighted by Gasteiger charge is -1.99. The van der Waals surface area contributed by atoms with Crippen LogP contribution in [0, 0.1) is 0 Å². The number of carbonyl (C=O) groups excluding carboxylic acids is 1. The Hall–Kier alpha value is -0.513. The van der Waals surface area contributed by atoms with Crippen LogP contribution in [0.2, 0.25) is 6.55 Å². The summed E-state index contributed by atoms with van der Waals surface area (Å²) >= 11 is 0. The van der Waals surface area contributed by atoms with Gasteiger partial charge in [0.2, 0.25) is 0 Å². The van der Waals surface area contributed by atoms with Crippen molar-refractivity contribution in [3.05, 3.63) is 0 Å². The lowest BCUT2D eigenvalue weighted by molar-refractivity contribution is 0.158. The van der Waals surface area contributed by atoms with E-state index in [1.165, 1.54) is 0 Å². The summed E-state index contributed by atoms with van der Waals surface area (Å²) in [6.07, 6.45) is -0.276. The van der Waals surface area contributed by atoms with E-state index in [1.54, 1.807) is 6.92 Å². The van der Waals surface area contributed by atoms with Gasteiger partial charge in [0.25, 0.3) is 0 Å². The Morgan fingerprint density at radius 3 is 2.88 bits per heavy atom. The maximum Gasteiger partial charge on any atom is 0.398 e. The van der Waals surface area contributed by atoms with E-state index in [1.807, 2.05) is 6.55 Å². The van der Waals surface area contributed by atoms with Crippen LogP contribution < -0.4 is 4.98 Å². The van der Waals surface area contributed by atoms with Crippen LogP contribution in [0.25, 0.3) is 0 Å². The highest BCUT2D eigenvalue weighted by atomic mass is 28.2. The van der Waals surface area contributed by atoms with Crippen molar-refractivity contribution in [1.29, 1.82) is 0 Å². The number of hydrogen-bond acceptors (Lipinski definition) is 2. The molecule has 3 nitrogen and oxygen atoms in total. The van der Waals surface area contributed by atoms with E-state index in [2.05, 4.69) is 9.72 Å². The zero-order chi connectivity index (χ0) is 6.41. The number of carbonyl (C=O) groups is 1. The summed E-state index contributed by atoms with van der Waals surface area (Å²) in [5.41, 5.74) is 0. The predicted molar refractivity (Wildman–Crippen MR) is 34.6 cm³/mol. The lowest BCUT2D eigenvalue weighted by atomic mass is 10.9. The van der Waals surface area contributed by atoms with Crippen molar-refractivity contribution in [2.45, 2.75) is 13.5 Å². The van der Waals surface area contributed by atoms with Crippen LogP contribution in [0.1, 0.15) is 6.92 Å². The molecule has 0 bridgehead atoms. The topological polar surface area (TPSA) is 38.3 Å². The summed E-state index contributed by atoms with van der Waals surface area (Å²) in [6.45, 7) is 4.23. The van der Waals surface area contributed by atoms with E-state index >= 15 is 0 Å². The van der Waals surface area contributed by atoms with Gasteiger partial charge < -0.3 is 9.72 Å². The molecule has 0 radical (unpaired) electrons. The fourth-order valence-corrected chi connectivity index (χ4v) is 0.717. The molecule has 0 saturated heterocycles. The summed E-state index contributed by atoms with van der Waals surface area (Å²) in [5.74, 6) is 0. The third-order valence-electron chi connectivity index (χ3n) is 0.597. The second-order valence-electron chi connectivity index (χ2n) is 1.25. The quantitative estimate of drug-likeness (QED) is 0.533. The van der Waals surface area contributed by atoms with Gasteiger partial charge in [-0.2, -0.15) is 0 Å². The molecule has 0 aromatic rings. The van der Waals surface area contributed by atoms with Crippen molar-refractivity contribution < 1.29 is 9.53 Å². The average Bonchev–Trinajstić information content (AvgIpc) is 1.68. The molecule has 0 aliphatic rings. The normalized spacial score (nSPS) is 9.75. The largest absolute Gasteiger partial charge is 0.450 e.